The van der Waals surface area contributed by atoms with Gasteiger partial charge in [0.05, 0.1) is 18.8 Å². The van der Waals surface area contributed by atoms with Gasteiger partial charge in [-0.3, -0.25) is 4.79 Å². The van der Waals surface area contributed by atoms with Crippen LogP contribution in [-0.4, -0.2) is 52.4 Å². The van der Waals surface area contributed by atoms with Crippen molar-refractivity contribution >= 4 is 12.1 Å². The molecule has 5 atom stereocenters. The Morgan fingerprint density at radius 3 is 2.52 bits per heavy atom. The van der Waals surface area contributed by atoms with Crippen LogP contribution in [0.1, 0.15) is 63.9 Å². The Hall–Kier alpha value is -2.38. The van der Waals surface area contributed by atoms with E-state index in [2.05, 4.69) is 0 Å². The number of ether oxygens (including phenoxy) is 2. The van der Waals surface area contributed by atoms with Crippen LogP contribution in [0.15, 0.2) is 42.5 Å². The van der Waals surface area contributed by atoms with Crippen LogP contribution in [-0.2, 0) is 20.7 Å². The van der Waals surface area contributed by atoms with E-state index in [1.165, 1.54) is 0 Å². The number of hydrogen-bond donors (Lipinski definition) is 3. The van der Waals surface area contributed by atoms with E-state index >= 15 is 0 Å². The number of aliphatic hydroxyl groups excluding tert-OH is 2. The summed E-state index contributed by atoms with van der Waals surface area (Å²) in [5.74, 6) is -0.966. The molecule has 1 aromatic rings. The van der Waals surface area contributed by atoms with Gasteiger partial charge in [-0.2, -0.15) is 0 Å². The molecule has 0 saturated heterocycles. The normalized spacial score (nSPS) is 23.5. The highest BCUT2D eigenvalue weighted by molar-refractivity contribution is 5.66. The standard InChI is InChI=1S/C26H38O7/c1-2-32-26(31)33-20(15-14-19-10-6-5-7-11-19)16-17-22-21(23(27)18-24(22)28)12-8-3-4-9-13-25(29)30/h3,5-8,10-11,20-24,27-28H,2,4,9,12-18H2,1H3,(H,29,30)/b8-3-/t20?,21-,22-,23+,24-/m1/s1. The molecule has 0 aliphatic heterocycles. The van der Waals surface area contributed by atoms with Crippen molar-refractivity contribution in [2.24, 2.45) is 11.8 Å². The summed E-state index contributed by atoms with van der Waals surface area (Å²) in [6, 6.07) is 10.00. The Balaban J connectivity index is 1.91. The van der Waals surface area contributed by atoms with Crippen LogP contribution in [0.2, 0.25) is 0 Å². The third-order valence-corrected chi connectivity index (χ3v) is 6.30. The van der Waals surface area contributed by atoms with Crippen molar-refractivity contribution in [1.29, 1.82) is 0 Å². The molecule has 0 radical (unpaired) electrons. The van der Waals surface area contributed by atoms with E-state index in [0.29, 0.717) is 44.9 Å². The molecule has 7 heteroatoms. The van der Waals surface area contributed by atoms with Crippen LogP contribution in [0, 0.1) is 11.8 Å². The molecule has 33 heavy (non-hydrogen) atoms. The summed E-state index contributed by atoms with van der Waals surface area (Å²) in [5, 5.41) is 29.7. The quantitative estimate of drug-likeness (QED) is 0.212. The Morgan fingerprint density at radius 1 is 1.09 bits per heavy atom. The molecule has 1 aromatic carbocycles. The highest BCUT2D eigenvalue weighted by Gasteiger charge is 2.40. The number of aryl methyl sites for hydroxylation is 1. The minimum atomic E-state index is -0.801. The van der Waals surface area contributed by atoms with Crippen molar-refractivity contribution in [1.82, 2.24) is 0 Å². The summed E-state index contributed by atoms with van der Waals surface area (Å²) in [6.07, 6.45) is 6.75. The minimum absolute atomic E-state index is 0.0758. The number of unbranched alkanes of at least 4 members (excludes halogenated alkanes) is 1. The van der Waals surface area contributed by atoms with Gasteiger partial charge in [0.1, 0.15) is 6.10 Å². The zero-order valence-electron chi connectivity index (χ0n) is 19.5. The van der Waals surface area contributed by atoms with Gasteiger partial charge in [0.25, 0.3) is 0 Å². The zero-order valence-corrected chi connectivity index (χ0v) is 19.5. The van der Waals surface area contributed by atoms with Crippen LogP contribution in [0.25, 0.3) is 0 Å². The largest absolute Gasteiger partial charge is 0.508 e. The van der Waals surface area contributed by atoms with Crippen molar-refractivity contribution in [3.8, 4) is 0 Å². The molecule has 1 aliphatic rings. The summed E-state index contributed by atoms with van der Waals surface area (Å²) >= 11 is 0. The summed E-state index contributed by atoms with van der Waals surface area (Å²) in [4.78, 5) is 22.5. The van der Waals surface area contributed by atoms with Crippen molar-refractivity contribution in [2.75, 3.05) is 6.61 Å². The molecule has 0 aromatic heterocycles. The summed E-state index contributed by atoms with van der Waals surface area (Å²) in [6.45, 7) is 1.98. The van der Waals surface area contributed by atoms with E-state index < -0.39 is 24.3 Å². The summed E-state index contributed by atoms with van der Waals surface area (Å²) in [7, 11) is 0. The smallest absolute Gasteiger partial charge is 0.481 e. The summed E-state index contributed by atoms with van der Waals surface area (Å²) in [5.41, 5.74) is 1.16. The zero-order chi connectivity index (χ0) is 24.1. The van der Waals surface area contributed by atoms with Gasteiger partial charge in [-0.25, -0.2) is 4.79 Å². The number of carboxylic acids is 1. The summed E-state index contributed by atoms with van der Waals surface area (Å²) < 4.78 is 10.5. The molecule has 1 fully saturated rings. The van der Waals surface area contributed by atoms with Crippen LogP contribution in [0.4, 0.5) is 4.79 Å². The molecule has 7 nitrogen and oxygen atoms in total. The lowest BCUT2D eigenvalue weighted by atomic mass is 9.85. The average Bonchev–Trinajstić information content (AvgIpc) is 3.05. The third-order valence-electron chi connectivity index (χ3n) is 6.30. The molecular weight excluding hydrogens is 424 g/mol. The van der Waals surface area contributed by atoms with E-state index in [1.54, 1.807) is 6.92 Å². The van der Waals surface area contributed by atoms with Crippen LogP contribution >= 0.6 is 0 Å². The Morgan fingerprint density at radius 2 is 1.82 bits per heavy atom. The molecule has 3 N–H and O–H groups in total. The van der Waals surface area contributed by atoms with Crippen molar-refractivity contribution in [3.63, 3.8) is 0 Å². The van der Waals surface area contributed by atoms with Gasteiger partial charge in [-0.05, 0) is 75.7 Å². The van der Waals surface area contributed by atoms with Gasteiger partial charge < -0.3 is 24.8 Å². The lowest BCUT2D eigenvalue weighted by Gasteiger charge is -2.25. The molecule has 1 saturated carbocycles. The molecule has 1 aliphatic carbocycles. The molecule has 0 bridgehead atoms. The molecule has 184 valence electrons. The monoisotopic (exact) mass is 462 g/mol. The Kier molecular flexibility index (Phi) is 12.0. The molecule has 0 spiro atoms. The number of carbonyl (C=O) groups is 2. The fourth-order valence-electron chi connectivity index (χ4n) is 4.55. The lowest BCUT2D eigenvalue weighted by Crippen LogP contribution is -2.26. The Bertz CT molecular complexity index is 733. The highest BCUT2D eigenvalue weighted by Crippen LogP contribution is 2.38. The van der Waals surface area contributed by atoms with Gasteiger partial charge >= 0.3 is 12.1 Å². The van der Waals surface area contributed by atoms with Crippen LogP contribution in [0.3, 0.4) is 0 Å². The van der Waals surface area contributed by atoms with Crippen molar-refractivity contribution < 1.29 is 34.4 Å². The van der Waals surface area contributed by atoms with Gasteiger partial charge in [0.15, 0.2) is 0 Å². The van der Waals surface area contributed by atoms with Crippen LogP contribution in [0.5, 0.6) is 0 Å². The van der Waals surface area contributed by atoms with E-state index in [4.69, 9.17) is 14.6 Å². The SMILES string of the molecule is CCOC(=O)OC(CCc1ccccc1)CC[C@@H]1[C@@H](C/C=C\CCCC(=O)O)[C@@H](O)C[C@H]1O. The highest BCUT2D eigenvalue weighted by atomic mass is 16.7. The first-order chi connectivity index (χ1) is 15.9. The van der Waals surface area contributed by atoms with Crippen LogP contribution < -0.4 is 0 Å². The van der Waals surface area contributed by atoms with Crippen molar-refractivity contribution in [3.05, 3.63) is 48.0 Å². The lowest BCUT2D eigenvalue weighted by molar-refractivity contribution is -0.137. The second kappa shape index (κ2) is 14.7. The number of aliphatic carboxylic acids is 1. The van der Waals surface area contributed by atoms with E-state index in [9.17, 15) is 19.8 Å². The molecule has 1 unspecified atom stereocenters. The molecule has 2 rings (SSSR count). The fraction of sp³-hybridized carbons (Fsp3) is 0.615. The second-order valence-electron chi connectivity index (χ2n) is 8.72. The van der Waals surface area contributed by atoms with Gasteiger partial charge in [0.2, 0.25) is 0 Å². The fourth-order valence-corrected chi connectivity index (χ4v) is 4.55. The number of benzene rings is 1. The van der Waals surface area contributed by atoms with E-state index in [1.807, 2.05) is 42.5 Å². The number of allylic oxidation sites excluding steroid dienone is 2. The number of hydrogen-bond acceptors (Lipinski definition) is 6. The number of carbonyl (C=O) groups excluding carboxylic acids is 1. The average molecular weight is 463 g/mol. The molecule has 0 amide bonds. The first-order valence-corrected chi connectivity index (χ1v) is 12.0. The minimum Gasteiger partial charge on any atom is -0.481 e. The van der Waals surface area contributed by atoms with Crippen molar-refractivity contribution in [2.45, 2.75) is 83.0 Å². The first kappa shape index (κ1) is 26.9. The number of aliphatic hydroxyl groups is 2. The van der Waals surface area contributed by atoms with Gasteiger partial charge in [-0.1, -0.05) is 42.5 Å². The Labute approximate surface area is 196 Å². The number of carboxylic acid groups (broad SMARTS) is 1. The maximum absolute atomic E-state index is 11.9. The maximum atomic E-state index is 11.9. The van der Waals surface area contributed by atoms with Gasteiger partial charge in [0, 0.05) is 6.42 Å². The number of rotatable bonds is 14. The predicted molar refractivity (Wildman–Crippen MR) is 125 cm³/mol. The predicted octanol–water partition coefficient (Wildman–Crippen LogP) is 4.50. The van der Waals surface area contributed by atoms with E-state index in [0.717, 1.165) is 12.0 Å². The molecular formula is C26H38O7. The first-order valence-electron chi connectivity index (χ1n) is 12.0. The second-order valence-corrected chi connectivity index (χ2v) is 8.72. The maximum Gasteiger partial charge on any atom is 0.508 e. The topological polar surface area (TPSA) is 113 Å². The molecule has 0 heterocycles. The third kappa shape index (κ3) is 9.96. The van der Waals surface area contributed by atoms with Gasteiger partial charge in [-0.15, -0.1) is 0 Å². The van der Waals surface area contributed by atoms with E-state index in [-0.39, 0.29) is 31.0 Å².